The Hall–Kier alpha value is -4.18. The van der Waals surface area contributed by atoms with Crippen molar-refractivity contribution in [3.8, 4) is 16.9 Å². The van der Waals surface area contributed by atoms with Crippen molar-refractivity contribution in [2.24, 2.45) is 0 Å². The summed E-state index contributed by atoms with van der Waals surface area (Å²) in [5.74, 6) is 1.32. The molecule has 45 heavy (non-hydrogen) atoms. The third-order valence-corrected chi connectivity index (χ3v) is 8.21. The number of aliphatic hydroxyl groups is 2. The summed E-state index contributed by atoms with van der Waals surface area (Å²) >= 11 is 0. The zero-order valence-corrected chi connectivity index (χ0v) is 26.2. The van der Waals surface area contributed by atoms with Crippen LogP contribution in [0.15, 0.2) is 78.4 Å². The number of amides is 1. The number of carbonyl (C=O) groups is 1. The van der Waals surface area contributed by atoms with Crippen LogP contribution in [-0.4, -0.2) is 58.1 Å². The monoisotopic (exact) mass is 612 g/mol. The van der Waals surface area contributed by atoms with Crippen molar-refractivity contribution in [3.63, 3.8) is 0 Å². The number of ether oxygens (including phenoxy) is 2. The largest absolute Gasteiger partial charge is 0.493 e. The van der Waals surface area contributed by atoms with Crippen LogP contribution in [0, 0.1) is 0 Å². The molecule has 5 rings (SSSR count). The molecule has 238 valence electrons. The van der Waals surface area contributed by atoms with Crippen LogP contribution in [0.5, 0.6) is 5.75 Å². The lowest BCUT2D eigenvalue weighted by Gasteiger charge is -2.19. The van der Waals surface area contributed by atoms with Crippen molar-refractivity contribution in [3.05, 3.63) is 89.5 Å². The minimum absolute atomic E-state index is 0.00313. The second kappa shape index (κ2) is 15.7. The number of carbonyl (C=O) groups excluding carboxylic acids is 1. The molecule has 9 nitrogen and oxygen atoms in total. The van der Waals surface area contributed by atoms with Gasteiger partial charge in [-0.15, -0.1) is 0 Å². The van der Waals surface area contributed by atoms with Crippen LogP contribution in [0.4, 0.5) is 5.95 Å². The highest BCUT2D eigenvalue weighted by Crippen LogP contribution is 2.35. The molecule has 1 aliphatic heterocycles. The van der Waals surface area contributed by atoms with Crippen molar-refractivity contribution in [2.45, 2.75) is 64.8 Å². The van der Waals surface area contributed by atoms with Gasteiger partial charge in [0.2, 0.25) is 5.95 Å². The zero-order chi connectivity index (χ0) is 31.6. The van der Waals surface area contributed by atoms with Crippen LogP contribution in [0.2, 0.25) is 0 Å². The topological polar surface area (TPSA) is 118 Å². The Morgan fingerprint density at radius 3 is 2.76 bits per heavy atom. The lowest BCUT2D eigenvalue weighted by atomic mass is 10.00. The van der Waals surface area contributed by atoms with Crippen LogP contribution in [0.1, 0.15) is 68.1 Å². The van der Waals surface area contributed by atoms with Crippen LogP contribution < -0.4 is 15.4 Å². The molecule has 0 bridgehead atoms. The molecule has 3 aromatic carbocycles. The summed E-state index contributed by atoms with van der Waals surface area (Å²) in [5, 5.41) is 25.4. The van der Waals surface area contributed by atoms with E-state index in [2.05, 4.69) is 34.3 Å². The number of para-hydroxylation sites is 2. The number of nitrogens with zero attached hydrogens (tertiary/aromatic N) is 2. The van der Waals surface area contributed by atoms with E-state index < -0.39 is 0 Å². The molecule has 0 radical (unpaired) electrons. The highest BCUT2D eigenvalue weighted by atomic mass is 16.5. The minimum atomic E-state index is -0.207. The first-order valence-corrected chi connectivity index (χ1v) is 15.8. The van der Waals surface area contributed by atoms with E-state index in [1.807, 2.05) is 67.6 Å². The maximum atomic E-state index is 12.9. The molecule has 0 unspecified atom stereocenters. The lowest BCUT2D eigenvalue weighted by Crippen LogP contribution is -2.24. The van der Waals surface area contributed by atoms with Crippen molar-refractivity contribution in [1.29, 1.82) is 0 Å². The molecule has 0 saturated carbocycles. The standard InChI is InChI=1S/C36H44N4O5/c1-3-25(2)17-18-37-35(43)28-10-8-9-27(22-28)30-15-13-26(21-33(30)44-20-7-6-19-41)23-38-36-39-31-11-4-5-12-32(31)40(36)34-16-14-29(24-42)45-34/h3-5,8-13,15,21-22,29,34,41-42H,6-7,14,16-20,23-24H2,1-2H3,(H,37,43)(H,38,39)/b25-3+/t29-,34+/m0/s1. The number of allylic oxidation sites excluding steroid dienone is 1. The number of hydrogen-bond donors (Lipinski definition) is 4. The van der Waals surface area contributed by atoms with Gasteiger partial charge in [0.1, 0.15) is 12.0 Å². The quantitative estimate of drug-likeness (QED) is 0.0930. The van der Waals surface area contributed by atoms with Crippen molar-refractivity contribution >= 4 is 22.9 Å². The summed E-state index contributed by atoms with van der Waals surface area (Å²) in [6.07, 6.45) is 5.48. The molecule has 9 heteroatoms. The fourth-order valence-corrected chi connectivity index (χ4v) is 5.53. The summed E-state index contributed by atoms with van der Waals surface area (Å²) < 4.78 is 14.5. The number of aliphatic hydroxyl groups excluding tert-OH is 2. The Balaban J connectivity index is 1.37. The van der Waals surface area contributed by atoms with E-state index in [1.54, 1.807) is 0 Å². The number of unbranched alkanes of at least 4 members (excludes halogenated alkanes) is 1. The Bertz CT molecular complexity index is 1610. The molecular formula is C36H44N4O5. The highest BCUT2D eigenvalue weighted by Gasteiger charge is 2.29. The summed E-state index contributed by atoms with van der Waals surface area (Å²) in [7, 11) is 0. The summed E-state index contributed by atoms with van der Waals surface area (Å²) in [4.78, 5) is 17.8. The van der Waals surface area contributed by atoms with Crippen molar-refractivity contribution in [2.75, 3.05) is 31.7 Å². The number of fused-ring (bicyclic) bond motifs is 1. The Morgan fingerprint density at radius 1 is 1.09 bits per heavy atom. The molecule has 0 spiro atoms. The van der Waals surface area contributed by atoms with E-state index in [1.165, 1.54) is 5.57 Å². The zero-order valence-electron chi connectivity index (χ0n) is 26.2. The molecule has 1 aromatic heterocycles. The van der Waals surface area contributed by atoms with E-state index in [-0.39, 0.29) is 31.5 Å². The Kier molecular flexibility index (Phi) is 11.2. The maximum absolute atomic E-state index is 12.9. The number of imidazole rings is 1. The van der Waals surface area contributed by atoms with Gasteiger partial charge >= 0.3 is 0 Å². The molecule has 0 aliphatic carbocycles. The first kappa shape index (κ1) is 32.2. The van der Waals surface area contributed by atoms with Crippen LogP contribution in [0.25, 0.3) is 22.2 Å². The number of benzene rings is 3. The number of nitrogens with one attached hydrogen (secondary N) is 2. The minimum Gasteiger partial charge on any atom is -0.493 e. The molecule has 4 N–H and O–H groups in total. The predicted molar refractivity (Wildman–Crippen MR) is 177 cm³/mol. The first-order chi connectivity index (χ1) is 22.0. The molecule has 4 aromatic rings. The molecule has 2 heterocycles. The lowest BCUT2D eigenvalue weighted by molar-refractivity contribution is -0.0195. The van der Waals surface area contributed by atoms with Gasteiger partial charge in [0, 0.05) is 30.8 Å². The summed E-state index contributed by atoms with van der Waals surface area (Å²) in [5.41, 5.74) is 6.47. The van der Waals surface area contributed by atoms with Gasteiger partial charge in [-0.3, -0.25) is 9.36 Å². The van der Waals surface area contributed by atoms with E-state index >= 15 is 0 Å². The molecule has 1 fully saturated rings. The van der Waals surface area contributed by atoms with E-state index in [0.717, 1.165) is 53.4 Å². The average molecular weight is 613 g/mol. The predicted octanol–water partition coefficient (Wildman–Crippen LogP) is 6.22. The van der Waals surface area contributed by atoms with Gasteiger partial charge in [-0.25, -0.2) is 4.98 Å². The van der Waals surface area contributed by atoms with Gasteiger partial charge in [0.15, 0.2) is 0 Å². The Labute approximate surface area is 264 Å². The number of anilines is 1. The maximum Gasteiger partial charge on any atom is 0.251 e. The summed E-state index contributed by atoms with van der Waals surface area (Å²) in [6.45, 7) is 5.74. The fraction of sp³-hybridized carbons (Fsp3) is 0.389. The van der Waals surface area contributed by atoms with Crippen molar-refractivity contribution < 1.29 is 24.5 Å². The normalized spacial score (nSPS) is 16.7. The van der Waals surface area contributed by atoms with E-state index in [0.29, 0.717) is 43.4 Å². The third kappa shape index (κ3) is 8.11. The number of hydrogen-bond acceptors (Lipinski definition) is 7. The fourth-order valence-electron chi connectivity index (χ4n) is 5.53. The van der Waals surface area contributed by atoms with Gasteiger partial charge in [-0.05, 0) is 87.4 Å². The number of rotatable bonds is 15. The second-order valence-corrected chi connectivity index (χ2v) is 11.5. The van der Waals surface area contributed by atoms with Crippen LogP contribution in [-0.2, 0) is 11.3 Å². The van der Waals surface area contributed by atoms with Gasteiger partial charge in [-0.2, -0.15) is 0 Å². The van der Waals surface area contributed by atoms with Gasteiger partial charge in [0.25, 0.3) is 5.91 Å². The third-order valence-electron chi connectivity index (χ3n) is 8.21. The molecule has 1 aliphatic rings. The summed E-state index contributed by atoms with van der Waals surface area (Å²) in [6, 6.07) is 21.7. The SMILES string of the molecule is C/C=C(\C)CCNC(=O)c1cccc(-c2ccc(CNc3nc4ccccc4n3[C@H]3CC[C@@H](CO)O3)cc2OCCCCO)c1. The molecule has 2 atom stereocenters. The molecule has 1 saturated heterocycles. The average Bonchev–Trinajstić information content (AvgIpc) is 3.70. The van der Waals surface area contributed by atoms with E-state index in [9.17, 15) is 15.0 Å². The van der Waals surface area contributed by atoms with Crippen LogP contribution in [0.3, 0.4) is 0 Å². The smallest absolute Gasteiger partial charge is 0.251 e. The highest BCUT2D eigenvalue weighted by molar-refractivity contribution is 5.95. The van der Waals surface area contributed by atoms with Gasteiger partial charge in [0.05, 0.1) is 30.4 Å². The second-order valence-electron chi connectivity index (χ2n) is 11.5. The van der Waals surface area contributed by atoms with Gasteiger partial charge < -0.3 is 30.3 Å². The van der Waals surface area contributed by atoms with Gasteiger partial charge in [-0.1, -0.05) is 48.0 Å². The molecule has 1 amide bonds. The Morgan fingerprint density at radius 2 is 1.96 bits per heavy atom. The number of aromatic nitrogens is 2. The van der Waals surface area contributed by atoms with Crippen LogP contribution >= 0.6 is 0 Å². The molecular weight excluding hydrogens is 568 g/mol. The van der Waals surface area contributed by atoms with E-state index in [4.69, 9.17) is 14.5 Å². The van der Waals surface area contributed by atoms with Crippen molar-refractivity contribution in [1.82, 2.24) is 14.9 Å². The first-order valence-electron chi connectivity index (χ1n) is 15.8.